The largest absolute Gasteiger partial charge is 0.493 e. The number of methoxy groups -OCH3 is 2. The molecular weight excluding hydrogens is 360 g/mol. The Labute approximate surface area is 134 Å². The zero-order valence-electron chi connectivity index (χ0n) is 11.4. The number of hydrogen-bond donors (Lipinski definition) is 1. The van der Waals surface area contributed by atoms with Crippen LogP contribution < -0.4 is 14.2 Å². The number of aromatic carboxylic acids is 1. The molecule has 2 rings (SSSR count). The average molecular weight is 373 g/mol. The molecular formula is C14H13BrO5S. The first-order valence-electron chi connectivity index (χ1n) is 5.90. The third-order valence-corrected chi connectivity index (χ3v) is 4.36. The second kappa shape index (κ2) is 6.82. The lowest BCUT2D eigenvalue weighted by Gasteiger charge is -2.14. The number of ether oxygens (including phenoxy) is 3. The molecule has 1 aromatic heterocycles. The van der Waals surface area contributed by atoms with Crippen molar-refractivity contribution < 1.29 is 24.1 Å². The molecule has 0 unspecified atom stereocenters. The van der Waals surface area contributed by atoms with Gasteiger partial charge in [-0.15, -0.1) is 11.3 Å². The number of hydrogen-bond acceptors (Lipinski definition) is 5. The van der Waals surface area contributed by atoms with Gasteiger partial charge in [-0.2, -0.15) is 0 Å². The van der Waals surface area contributed by atoms with Crippen molar-refractivity contribution >= 4 is 33.2 Å². The summed E-state index contributed by atoms with van der Waals surface area (Å²) >= 11 is 4.94. The van der Waals surface area contributed by atoms with Crippen LogP contribution in [0.3, 0.4) is 0 Å². The van der Waals surface area contributed by atoms with Gasteiger partial charge >= 0.3 is 5.97 Å². The maximum atomic E-state index is 11.1. The van der Waals surface area contributed by atoms with E-state index >= 15 is 0 Å². The number of carbonyl (C=O) groups is 1. The summed E-state index contributed by atoms with van der Waals surface area (Å²) in [6, 6.07) is 4.77. The Bertz CT molecular complexity index is 628. The molecule has 0 saturated carbocycles. The second-order valence-corrected chi connectivity index (χ2v) is 5.95. The molecule has 21 heavy (non-hydrogen) atoms. The van der Waals surface area contributed by atoms with Crippen molar-refractivity contribution in [2.75, 3.05) is 14.2 Å². The van der Waals surface area contributed by atoms with Gasteiger partial charge in [0.2, 0.25) is 5.75 Å². The van der Waals surface area contributed by atoms with E-state index in [2.05, 4.69) is 15.9 Å². The van der Waals surface area contributed by atoms with Gasteiger partial charge in [0.15, 0.2) is 11.5 Å². The highest BCUT2D eigenvalue weighted by molar-refractivity contribution is 9.10. The monoisotopic (exact) mass is 372 g/mol. The van der Waals surface area contributed by atoms with Gasteiger partial charge in [-0.05, 0) is 34.1 Å². The van der Waals surface area contributed by atoms with Crippen molar-refractivity contribution in [3.63, 3.8) is 0 Å². The summed E-state index contributed by atoms with van der Waals surface area (Å²) in [6.45, 7) is 0.343. The molecule has 0 spiro atoms. The Hall–Kier alpha value is -1.73. The van der Waals surface area contributed by atoms with Crippen molar-refractivity contribution in [3.8, 4) is 17.2 Å². The minimum absolute atomic E-state index is 0.0786. The molecule has 112 valence electrons. The van der Waals surface area contributed by atoms with Crippen molar-refractivity contribution in [1.82, 2.24) is 0 Å². The van der Waals surface area contributed by atoms with Gasteiger partial charge in [0, 0.05) is 14.7 Å². The molecule has 0 atom stereocenters. The first-order chi connectivity index (χ1) is 10.0. The molecule has 7 heteroatoms. The topological polar surface area (TPSA) is 65.0 Å². The Morgan fingerprint density at radius 2 is 1.86 bits per heavy atom. The normalized spacial score (nSPS) is 10.2. The fourth-order valence-electron chi connectivity index (χ4n) is 1.72. The fraction of sp³-hybridized carbons (Fsp3) is 0.214. The lowest BCUT2D eigenvalue weighted by molar-refractivity contribution is 0.0696. The first kappa shape index (κ1) is 15.7. The van der Waals surface area contributed by atoms with Gasteiger partial charge in [0.1, 0.15) is 6.61 Å². The van der Waals surface area contributed by atoms with Crippen LogP contribution in [0.2, 0.25) is 0 Å². The second-order valence-electron chi connectivity index (χ2n) is 4.03. The molecule has 0 radical (unpaired) electrons. The predicted octanol–water partition coefficient (Wildman–Crippen LogP) is 3.81. The molecule has 2 aromatic rings. The molecule has 0 saturated heterocycles. The number of thiophene rings is 1. The summed E-state index contributed by atoms with van der Waals surface area (Å²) in [5.41, 5.74) is 0.0786. The maximum Gasteiger partial charge on any atom is 0.335 e. The molecule has 0 bridgehead atoms. The van der Waals surface area contributed by atoms with E-state index in [1.807, 2.05) is 11.4 Å². The Morgan fingerprint density at radius 3 is 2.29 bits per heavy atom. The van der Waals surface area contributed by atoms with E-state index in [-0.39, 0.29) is 5.56 Å². The lowest BCUT2D eigenvalue weighted by atomic mass is 10.2. The number of carboxylic acids is 1. The van der Waals surface area contributed by atoms with Crippen molar-refractivity contribution in [3.05, 3.63) is 38.5 Å². The van der Waals surface area contributed by atoms with E-state index in [9.17, 15) is 4.79 Å². The van der Waals surface area contributed by atoms with Gasteiger partial charge in [0.25, 0.3) is 0 Å². The van der Waals surface area contributed by atoms with Crippen LogP contribution in [0, 0.1) is 0 Å². The summed E-state index contributed by atoms with van der Waals surface area (Å²) in [5, 5.41) is 11.0. The molecule has 0 aliphatic carbocycles. The van der Waals surface area contributed by atoms with Gasteiger partial charge in [-0.1, -0.05) is 0 Å². The van der Waals surface area contributed by atoms with E-state index in [4.69, 9.17) is 19.3 Å². The Kier molecular flexibility index (Phi) is 5.08. The van der Waals surface area contributed by atoms with Crippen LogP contribution in [-0.4, -0.2) is 25.3 Å². The van der Waals surface area contributed by atoms with Crippen LogP contribution in [-0.2, 0) is 6.61 Å². The standard InChI is InChI=1S/C14H13BrO5S/c1-18-11-3-8(14(16)17)4-12(19-2)13(11)20-6-10-5-9(15)7-21-10/h3-5,7H,6H2,1-2H3,(H,16,17). The minimum atomic E-state index is -1.06. The first-order valence-corrected chi connectivity index (χ1v) is 7.57. The molecule has 0 aliphatic rings. The van der Waals surface area contributed by atoms with Crippen LogP contribution in [0.15, 0.2) is 28.1 Å². The number of carboxylic acid groups (broad SMARTS) is 1. The summed E-state index contributed by atoms with van der Waals surface area (Å²) in [7, 11) is 2.91. The highest BCUT2D eigenvalue weighted by Gasteiger charge is 2.17. The Balaban J connectivity index is 2.30. The van der Waals surface area contributed by atoms with Crippen molar-refractivity contribution in [1.29, 1.82) is 0 Å². The maximum absolute atomic E-state index is 11.1. The number of rotatable bonds is 6. The molecule has 5 nitrogen and oxygen atoms in total. The minimum Gasteiger partial charge on any atom is -0.493 e. The zero-order chi connectivity index (χ0) is 15.4. The third-order valence-electron chi connectivity index (χ3n) is 2.69. The quantitative estimate of drug-likeness (QED) is 0.834. The summed E-state index contributed by atoms with van der Waals surface area (Å²) in [6.07, 6.45) is 0. The average Bonchev–Trinajstić information content (AvgIpc) is 2.89. The highest BCUT2D eigenvalue weighted by Crippen LogP contribution is 2.39. The predicted molar refractivity (Wildman–Crippen MR) is 82.9 cm³/mol. The molecule has 0 aliphatic heterocycles. The van der Waals surface area contributed by atoms with Crippen LogP contribution in [0.5, 0.6) is 17.2 Å². The number of halogens is 1. The van der Waals surface area contributed by atoms with E-state index < -0.39 is 5.97 Å². The Morgan fingerprint density at radius 1 is 1.24 bits per heavy atom. The summed E-state index contributed by atoms with van der Waals surface area (Å²) < 4.78 is 17.1. The van der Waals surface area contributed by atoms with Gasteiger partial charge in [-0.3, -0.25) is 0 Å². The lowest BCUT2D eigenvalue weighted by Crippen LogP contribution is -2.03. The SMILES string of the molecule is COc1cc(C(=O)O)cc(OC)c1OCc1cc(Br)cs1. The summed E-state index contributed by atoms with van der Waals surface area (Å²) in [4.78, 5) is 12.1. The third kappa shape index (κ3) is 3.68. The van der Waals surface area contributed by atoms with Crippen LogP contribution in [0.4, 0.5) is 0 Å². The molecule has 0 fully saturated rings. The van der Waals surface area contributed by atoms with E-state index in [1.165, 1.54) is 26.4 Å². The molecule has 1 aromatic carbocycles. The van der Waals surface area contributed by atoms with Crippen LogP contribution >= 0.6 is 27.3 Å². The smallest absolute Gasteiger partial charge is 0.335 e. The van der Waals surface area contributed by atoms with Crippen LogP contribution in [0.1, 0.15) is 15.2 Å². The van der Waals surface area contributed by atoms with Crippen molar-refractivity contribution in [2.24, 2.45) is 0 Å². The van der Waals surface area contributed by atoms with Gasteiger partial charge < -0.3 is 19.3 Å². The molecule has 1 N–H and O–H groups in total. The highest BCUT2D eigenvalue weighted by atomic mass is 79.9. The van der Waals surface area contributed by atoms with Gasteiger partial charge in [-0.25, -0.2) is 4.79 Å². The van der Waals surface area contributed by atoms with E-state index in [0.717, 1.165) is 9.35 Å². The number of benzene rings is 1. The molecule has 0 amide bonds. The van der Waals surface area contributed by atoms with E-state index in [1.54, 1.807) is 11.3 Å². The van der Waals surface area contributed by atoms with Crippen molar-refractivity contribution in [2.45, 2.75) is 6.61 Å². The zero-order valence-corrected chi connectivity index (χ0v) is 13.8. The van der Waals surface area contributed by atoms with Gasteiger partial charge in [0.05, 0.1) is 19.8 Å². The van der Waals surface area contributed by atoms with E-state index in [0.29, 0.717) is 23.9 Å². The fourth-order valence-corrected chi connectivity index (χ4v) is 3.08. The molecule has 1 heterocycles. The summed E-state index contributed by atoms with van der Waals surface area (Å²) in [5.74, 6) is -0.0281. The van der Waals surface area contributed by atoms with Crippen LogP contribution in [0.25, 0.3) is 0 Å².